The summed E-state index contributed by atoms with van der Waals surface area (Å²) in [6.07, 6.45) is 0. The van der Waals surface area contributed by atoms with E-state index in [1.165, 1.54) is 4.68 Å². The average Bonchev–Trinajstić information content (AvgIpc) is 2.92. The Hall–Kier alpha value is -2.56. The van der Waals surface area contributed by atoms with E-state index in [-0.39, 0.29) is 5.69 Å². The summed E-state index contributed by atoms with van der Waals surface area (Å²) in [6.45, 7) is 3.95. The predicted octanol–water partition coefficient (Wildman–Crippen LogP) is 1.98. The maximum atomic E-state index is 12.4. The van der Waals surface area contributed by atoms with Crippen LogP contribution in [0.5, 0.6) is 0 Å². The van der Waals surface area contributed by atoms with Crippen LogP contribution in [0.2, 0.25) is 0 Å². The van der Waals surface area contributed by atoms with Gasteiger partial charge in [-0.05, 0) is 26.0 Å². The number of rotatable bonds is 2. The molecule has 0 aliphatic heterocycles. The summed E-state index contributed by atoms with van der Waals surface area (Å²) in [5.41, 5.74) is 2.74. The number of hydrogen-bond donors (Lipinski definition) is 0. The minimum absolute atomic E-state index is 0.161. The van der Waals surface area contributed by atoms with E-state index in [0.29, 0.717) is 5.82 Å². The highest BCUT2D eigenvalue weighted by molar-refractivity contribution is 5.54. The van der Waals surface area contributed by atoms with Gasteiger partial charge in [0.2, 0.25) is 0 Å². The van der Waals surface area contributed by atoms with Crippen molar-refractivity contribution in [3.8, 4) is 11.4 Å². The van der Waals surface area contributed by atoms with Crippen LogP contribution < -0.4 is 5.69 Å². The Kier molecular flexibility index (Phi) is 2.82. The van der Waals surface area contributed by atoms with Crippen LogP contribution in [0.25, 0.3) is 11.4 Å². The van der Waals surface area contributed by atoms with Crippen LogP contribution in [0.15, 0.2) is 47.3 Å². The maximum Gasteiger partial charge on any atom is 0.365 e. The summed E-state index contributed by atoms with van der Waals surface area (Å²) in [4.78, 5) is 12.4. The molecule has 2 heterocycles. The van der Waals surface area contributed by atoms with Gasteiger partial charge >= 0.3 is 5.69 Å². The van der Waals surface area contributed by atoms with Crippen LogP contribution >= 0.6 is 0 Å². The summed E-state index contributed by atoms with van der Waals surface area (Å²) in [7, 11) is 1.67. The van der Waals surface area contributed by atoms with Crippen LogP contribution in [-0.4, -0.2) is 19.1 Å². The van der Waals surface area contributed by atoms with Crippen molar-refractivity contribution in [3.05, 3.63) is 64.3 Å². The second kappa shape index (κ2) is 4.52. The summed E-state index contributed by atoms with van der Waals surface area (Å²) in [5, 5.41) is 4.36. The number of aryl methyl sites for hydroxylation is 3. The highest BCUT2D eigenvalue weighted by atomic mass is 16.2. The number of aromatic nitrogens is 4. The second-order valence-corrected chi connectivity index (χ2v) is 4.84. The van der Waals surface area contributed by atoms with Gasteiger partial charge < -0.3 is 0 Å². The Morgan fingerprint density at radius 1 is 0.900 bits per heavy atom. The Morgan fingerprint density at radius 2 is 1.50 bits per heavy atom. The van der Waals surface area contributed by atoms with Gasteiger partial charge in [0.05, 0.1) is 0 Å². The molecule has 0 saturated carbocycles. The molecule has 0 saturated heterocycles. The van der Waals surface area contributed by atoms with E-state index >= 15 is 0 Å². The zero-order chi connectivity index (χ0) is 14.3. The van der Waals surface area contributed by atoms with Gasteiger partial charge in [-0.2, -0.15) is 4.68 Å². The Labute approximate surface area is 116 Å². The predicted molar refractivity (Wildman–Crippen MR) is 77.6 cm³/mol. The van der Waals surface area contributed by atoms with Gasteiger partial charge in [-0.1, -0.05) is 30.3 Å². The van der Waals surface area contributed by atoms with E-state index in [1.54, 1.807) is 11.7 Å². The number of hydrogen-bond acceptors (Lipinski definition) is 2. The monoisotopic (exact) mass is 268 g/mol. The van der Waals surface area contributed by atoms with Crippen molar-refractivity contribution < 1.29 is 0 Å². The molecule has 3 rings (SSSR count). The molecule has 102 valence electrons. The molecule has 2 aromatic heterocycles. The van der Waals surface area contributed by atoms with Crippen molar-refractivity contribution in [2.45, 2.75) is 13.8 Å². The Balaban J connectivity index is 2.34. The largest absolute Gasteiger partial charge is 0.365 e. The number of nitrogens with zero attached hydrogens (tertiary/aromatic N) is 4. The molecule has 5 nitrogen and oxygen atoms in total. The fourth-order valence-electron chi connectivity index (χ4n) is 2.38. The van der Waals surface area contributed by atoms with E-state index in [1.807, 2.05) is 61.0 Å². The smallest absolute Gasteiger partial charge is 0.252 e. The fourth-order valence-corrected chi connectivity index (χ4v) is 2.38. The first-order chi connectivity index (χ1) is 9.59. The molecule has 0 bridgehead atoms. The van der Waals surface area contributed by atoms with E-state index in [0.717, 1.165) is 17.0 Å². The van der Waals surface area contributed by atoms with Gasteiger partial charge in [0.25, 0.3) is 0 Å². The fraction of sp³-hybridized carbons (Fsp3) is 0.200. The van der Waals surface area contributed by atoms with E-state index in [9.17, 15) is 4.79 Å². The molecule has 5 heteroatoms. The van der Waals surface area contributed by atoms with Crippen molar-refractivity contribution in [3.63, 3.8) is 0 Å². The highest BCUT2D eigenvalue weighted by Gasteiger charge is 2.16. The Bertz CT molecular complexity index is 789. The van der Waals surface area contributed by atoms with Crippen molar-refractivity contribution in [2.24, 2.45) is 7.05 Å². The van der Waals surface area contributed by atoms with Gasteiger partial charge in [0.15, 0.2) is 5.82 Å². The molecule has 0 spiro atoms. The molecular formula is C15H16N4O. The van der Waals surface area contributed by atoms with Crippen molar-refractivity contribution in [1.82, 2.24) is 19.1 Å². The summed E-state index contributed by atoms with van der Waals surface area (Å²) in [6, 6.07) is 13.7. The molecule has 0 N–H and O–H groups in total. The third kappa shape index (κ3) is 1.79. The van der Waals surface area contributed by atoms with Crippen LogP contribution in [0.1, 0.15) is 11.4 Å². The van der Waals surface area contributed by atoms with Gasteiger partial charge in [-0.3, -0.25) is 4.68 Å². The molecule has 0 unspecified atom stereocenters. The normalized spacial score (nSPS) is 10.9. The van der Waals surface area contributed by atoms with Crippen LogP contribution in [0, 0.1) is 13.8 Å². The maximum absolute atomic E-state index is 12.4. The molecule has 0 aliphatic carbocycles. The first-order valence-electron chi connectivity index (χ1n) is 6.46. The van der Waals surface area contributed by atoms with E-state index in [2.05, 4.69) is 5.10 Å². The zero-order valence-corrected chi connectivity index (χ0v) is 11.7. The summed E-state index contributed by atoms with van der Waals surface area (Å²) >= 11 is 0. The number of benzene rings is 1. The standard InChI is InChI=1S/C15H16N4O/c1-11-9-10-12(2)18(11)19-14(16-17(3)15(19)20)13-7-5-4-6-8-13/h4-10H,1-3H3. The molecule has 1 aromatic carbocycles. The van der Waals surface area contributed by atoms with Crippen LogP contribution in [-0.2, 0) is 7.05 Å². The Morgan fingerprint density at radius 3 is 2.10 bits per heavy atom. The molecule has 0 aliphatic rings. The van der Waals surface area contributed by atoms with Gasteiger partial charge in [0.1, 0.15) is 0 Å². The van der Waals surface area contributed by atoms with E-state index in [4.69, 9.17) is 0 Å². The molecule has 0 amide bonds. The van der Waals surface area contributed by atoms with E-state index < -0.39 is 0 Å². The lowest BCUT2D eigenvalue weighted by atomic mass is 10.2. The quantitative estimate of drug-likeness (QED) is 0.713. The first kappa shape index (κ1) is 12.5. The van der Waals surface area contributed by atoms with Crippen LogP contribution in [0.4, 0.5) is 0 Å². The molecule has 3 aromatic rings. The lowest BCUT2D eigenvalue weighted by Gasteiger charge is -2.11. The second-order valence-electron chi connectivity index (χ2n) is 4.84. The van der Waals surface area contributed by atoms with Crippen molar-refractivity contribution >= 4 is 0 Å². The summed E-state index contributed by atoms with van der Waals surface area (Å²) < 4.78 is 4.86. The highest BCUT2D eigenvalue weighted by Crippen LogP contribution is 2.17. The van der Waals surface area contributed by atoms with Crippen molar-refractivity contribution in [1.29, 1.82) is 0 Å². The molecule has 0 fully saturated rings. The zero-order valence-electron chi connectivity index (χ0n) is 11.7. The third-order valence-electron chi connectivity index (χ3n) is 3.37. The topological polar surface area (TPSA) is 44.8 Å². The minimum atomic E-state index is -0.161. The van der Waals surface area contributed by atoms with Gasteiger partial charge in [-0.25, -0.2) is 9.48 Å². The molecular weight excluding hydrogens is 252 g/mol. The van der Waals surface area contributed by atoms with Gasteiger partial charge in [0, 0.05) is 24.0 Å². The summed E-state index contributed by atoms with van der Waals surface area (Å²) in [5.74, 6) is 0.639. The SMILES string of the molecule is Cc1ccc(C)n1-n1c(-c2ccccc2)nn(C)c1=O. The first-order valence-corrected chi connectivity index (χ1v) is 6.46. The van der Waals surface area contributed by atoms with Gasteiger partial charge in [-0.15, -0.1) is 5.10 Å². The molecule has 20 heavy (non-hydrogen) atoms. The average molecular weight is 268 g/mol. The lowest BCUT2D eigenvalue weighted by molar-refractivity contribution is 0.589. The molecule has 0 atom stereocenters. The molecule has 0 radical (unpaired) electrons. The third-order valence-corrected chi connectivity index (χ3v) is 3.37. The van der Waals surface area contributed by atoms with Crippen LogP contribution in [0.3, 0.4) is 0 Å². The lowest BCUT2D eigenvalue weighted by Crippen LogP contribution is -2.29. The minimum Gasteiger partial charge on any atom is -0.252 e. The van der Waals surface area contributed by atoms with Crippen molar-refractivity contribution in [2.75, 3.05) is 0 Å².